The van der Waals surface area contributed by atoms with E-state index < -0.39 is 11.6 Å². The molecule has 0 aromatic rings. The maximum absolute atomic E-state index is 11.1. The van der Waals surface area contributed by atoms with E-state index in [-0.39, 0.29) is 10.6 Å². The van der Waals surface area contributed by atoms with Crippen LogP contribution in [-0.4, -0.2) is 11.6 Å². The molecule has 0 amide bonds. The van der Waals surface area contributed by atoms with Crippen LogP contribution in [0.4, 0.5) is 0 Å². The van der Waals surface area contributed by atoms with Gasteiger partial charge in [0.05, 0.1) is 5.57 Å². The number of hydrogen-bond acceptors (Lipinski definition) is 2. The second kappa shape index (κ2) is 3.76. The standard InChI is InChI=1S/C9H13ClO2/c1-6(7(2)10)8(11)12-9(3,4)5/h1-2H2,3-5H3. The number of ether oxygens (including phenoxy) is 1. The second-order valence-corrected chi connectivity index (χ2v) is 3.84. The maximum Gasteiger partial charge on any atom is 0.339 e. The molecule has 0 fully saturated rings. The maximum atomic E-state index is 11.1. The molecule has 0 unspecified atom stereocenters. The molecule has 0 N–H and O–H groups in total. The van der Waals surface area contributed by atoms with Crippen LogP contribution in [0.25, 0.3) is 0 Å². The van der Waals surface area contributed by atoms with Crippen LogP contribution in [0.2, 0.25) is 0 Å². The summed E-state index contributed by atoms with van der Waals surface area (Å²) < 4.78 is 4.98. The van der Waals surface area contributed by atoms with Crippen molar-refractivity contribution in [2.24, 2.45) is 0 Å². The molecule has 12 heavy (non-hydrogen) atoms. The van der Waals surface area contributed by atoms with Gasteiger partial charge in [-0.1, -0.05) is 24.8 Å². The lowest BCUT2D eigenvalue weighted by Crippen LogP contribution is -2.24. The van der Waals surface area contributed by atoms with Crippen molar-refractivity contribution in [2.45, 2.75) is 26.4 Å². The summed E-state index contributed by atoms with van der Waals surface area (Å²) in [5, 5.41) is 0.115. The van der Waals surface area contributed by atoms with Gasteiger partial charge in [-0.15, -0.1) is 0 Å². The lowest BCUT2D eigenvalue weighted by molar-refractivity contribution is -0.149. The first-order valence-electron chi connectivity index (χ1n) is 3.51. The minimum atomic E-state index is -0.525. The van der Waals surface area contributed by atoms with Gasteiger partial charge >= 0.3 is 5.97 Å². The van der Waals surface area contributed by atoms with E-state index in [1.54, 1.807) is 20.8 Å². The molecule has 0 aliphatic rings. The lowest BCUT2D eigenvalue weighted by atomic mass is 10.2. The van der Waals surface area contributed by atoms with E-state index in [0.29, 0.717) is 0 Å². The molecule has 0 bridgehead atoms. The highest BCUT2D eigenvalue weighted by Crippen LogP contribution is 2.16. The fourth-order valence-corrected chi connectivity index (χ4v) is 0.528. The van der Waals surface area contributed by atoms with Crippen LogP contribution >= 0.6 is 11.6 Å². The Balaban J connectivity index is 4.25. The number of carbonyl (C=O) groups excluding carboxylic acids is 1. The lowest BCUT2D eigenvalue weighted by Gasteiger charge is -2.19. The van der Waals surface area contributed by atoms with Crippen molar-refractivity contribution < 1.29 is 9.53 Å². The van der Waals surface area contributed by atoms with E-state index >= 15 is 0 Å². The minimum Gasteiger partial charge on any atom is -0.456 e. The minimum absolute atomic E-state index is 0.103. The highest BCUT2D eigenvalue weighted by Gasteiger charge is 2.19. The third-order valence-corrected chi connectivity index (χ3v) is 1.20. The first-order valence-corrected chi connectivity index (χ1v) is 3.89. The first-order chi connectivity index (χ1) is 5.24. The number of halogens is 1. The summed E-state index contributed by atoms with van der Waals surface area (Å²) in [6.07, 6.45) is 0. The largest absolute Gasteiger partial charge is 0.456 e. The zero-order valence-electron chi connectivity index (χ0n) is 7.61. The van der Waals surface area contributed by atoms with Crippen LogP contribution < -0.4 is 0 Å². The topological polar surface area (TPSA) is 26.3 Å². The molecule has 0 aromatic heterocycles. The smallest absolute Gasteiger partial charge is 0.339 e. The molecule has 3 heteroatoms. The molecule has 0 atom stereocenters. The Morgan fingerprint density at radius 2 is 1.75 bits per heavy atom. The molecule has 0 aliphatic heterocycles. The van der Waals surface area contributed by atoms with Crippen molar-refractivity contribution in [2.75, 3.05) is 0 Å². The summed E-state index contributed by atoms with van der Waals surface area (Å²) in [4.78, 5) is 11.1. The number of hydrogen-bond donors (Lipinski definition) is 0. The normalized spacial score (nSPS) is 10.7. The Morgan fingerprint density at radius 1 is 1.33 bits per heavy atom. The van der Waals surface area contributed by atoms with E-state index in [2.05, 4.69) is 13.2 Å². The summed E-state index contributed by atoms with van der Waals surface area (Å²) in [7, 11) is 0. The van der Waals surface area contributed by atoms with Gasteiger partial charge in [-0.25, -0.2) is 4.79 Å². The number of carbonyl (C=O) groups is 1. The Labute approximate surface area is 77.9 Å². The molecule has 0 radical (unpaired) electrons. The summed E-state index contributed by atoms with van der Waals surface area (Å²) in [5.41, 5.74) is -0.418. The van der Waals surface area contributed by atoms with E-state index in [1.807, 2.05) is 0 Å². The molecule has 0 saturated heterocycles. The van der Waals surface area contributed by atoms with Crippen LogP contribution in [0.1, 0.15) is 20.8 Å². The van der Waals surface area contributed by atoms with Crippen molar-refractivity contribution in [3.8, 4) is 0 Å². The van der Waals surface area contributed by atoms with E-state index in [0.717, 1.165) is 0 Å². The molecule has 68 valence electrons. The Kier molecular flexibility index (Phi) is 3.53. The summed E-state index contributed by atoms with van der Waals surface area (Å²) >= 11 is 5.46. The molecule has 0 aromatic carbocycles. The van der Waals surface area contributed by atoms with Gasteiger partial charge in [-0.05, 0) is 20.8 Å². The highest BCUT2D eigenvalue weighted by molar-refractivity contribution is 6.34. The average molecular weight is 189 g/mol. The summed E-state index contributed by atoms with van der Waals surface area (Å²) in [6.45, 7) is 12.1. The Morgan fingerprint density at radius 3 is 2.00 bits per heavy atom. The van der Waals surface area contributed by atoms with Crippen molar-refractivity contribution in [3.63, 3.8) is 0 Å². The second-order valence-electron chi connectivity index (χ2n) is 3.39. The fraction of sp³-hybridized carbons (Fsp3) is 0.444. The zero-order valence-corrected chi connectivity index (χ0v) is 8.36. The van der Waals surface area contributed by atoms with Crippen molar-refractivity contribution in [1.82, 2.24) is 0 Å². The predicted octanol–water partition coefficient (Wildman–Crippen LogP) is 2.64. The predicted molar refractivity (Wildman–Crippen MR) is 50.0 cm³/mol. The van der Waals surface area contributed by atoms with Crippen molar-refractivity contribution >= 4 is 17.6 Å². The van der Waals surface area contributed by atoms with E-state index in [9.17, 15) is 4.79 Å². The molecule has 2 nitrogen and oxygen atoms in total. The fourth-order valence-electron chi connectivity index (χ4n) is 0.450. The first kappa shape index (κ1) is 11.2. The third kappa shape index (κ3) is 4.19. The quantitative estimate of drug-likeness (QED) is 0.378. The Hall–Kier alpha value is -0.760. The van der Waals surface area contributed by atoms with Gasteiger partial charge < -0.3 is 4.74 Å². The van der Waals surface area contributed by atoms with Gasteiger partial charge in [0.1, 0.15) is 5.60 Å². The third-order valence-electron chi connectivity index (χ3n) is 0.973. The SMILES string of the molecule is C=C(Cl)C(=C)C(=O)OC(C)(C)C. The van der Waals surface area contributed by atoms with Gasteiger partial charge in [0.2, 0.25) is 0 Å². The van der Waals surface area contributed by atoms with Crippen LogP contribution in [0.15, 0.2) is 23.8 Å². The Bertz CT molecular complexity index is 223. The molecule has 0 spiro atoms. The summed E-state index contributed by atoms with van der Waals surface area (Å²) in [5.74, 6) is -0.525. The van der Waals surface area contributed by atoms with Crippen LogP contribution in [0, 0.1) is 0 Å². The van der Waals surface area contributed by atoms with Crippen LogP contribution in [-0.2, 0) is 9.53 Å². The molecule has 0 heterocycles. The molecule has 0 rings (SSSR count). The van der Waals surface area contributed by atoms with Crippen LogP contribution in [0.5, 0.6) is 0 Å². The van der Waals surface area contributed by atoms with Gasteiger partial charge in [0.25, 0.3) is 0 Å². The van der Waals surface area contributed by atoms with Crippen molar-refractivity contribution in [1.29, 1.82) is 0 Å². The van der Waals surface area contributed by atoms with E-state index in [1.165, 1.54) is 0 Å². The molecular weight excluding hydrogens is 176 g/mol. The average Bonchev–Trinajstić information content (AvgIpc) is 1.82. The zero-order chi connectivity index (χ0) is 9.94. The monoisotopic (exact) mass is 188 g/mol. The van der Waals surface area contributed by atoms with Gasteiger partial charge in [0.15, 0.2) is 0 Å². The van der Waals surface area contributed by atoms with Gasteiger partial charge in [-0.2, -0.15) is 0 Å². The number of rotatable bonds is 2. The van der Waals surface area contributed by atoms with Crippen molar-refractivity contribution in [3.05, 3.63) is 23.8 Å². The highest BCUT2D eigenvalue weighted by atomic mass is 35.5. The van der Waals surface area contributed by atoms with Crippen LogP contribution in [0.3, 0.4) is 0 Å². The van der Waals surface area contributed by atoms with Gasteiger partial charge in [0, 0.05) is 5.03 Å². The van der Waals surface area contributed by atoms with Gasteiger partial charge in [-0.3, -0.25) is 0 Å². The van der Waals surface area contributed by atoms with E-state index in [4.69, 9.17) is 16.3 Å². The molecule has 0 saturated carbocycles. The molecular formula is C9H13ClO2. The molecule has 0 aliphatic carbocycles. The number of esters is 1. The summed E-state index contributed by atoms with van der Waals surface area (Å²) in [6, 6.07) is 0.